The van der Waals surface area contributed by atoms with Crippen LogP contribution in [0.4, 0.5) is 0 Å². The average molecular weight is 500 g/mol. The third kappa shape index (κ3) is 8.62. The lowest BCUT2D eigenvalue weighted by atomic mass is 9.85. The molecule has 0 bridgehead atoms. The first-order valence-corrected chi connectivity index (χ1v) is 12.6. The topological polar surface area (TPSA) is 308 Å². The van der Waals surface area contributed by atoms with Gasteiger partial charge in [-0.15, -0.1) is 0 Å². The highest BCUT2D eigenvalue weighted by atomic mass is 31.2. The smallest absolute Gasteiger partial charge is 0.387 e. The summed E-state index contributed by atoms with van der Waals surface area (Å²) in [5.74, 6) is 0. The minimum absolute atomic E-state index is 2.56. The highest BCUT2D eigenvalue weighted by Crippen LogP contribution is 2.52. The molecule has 0 amide bonds. The summed E-state index contributed by atoms with van der Waals surface area (Å²) in [5.41, 5.74) is 0. The predicted octanol–water partition coefficient (Wildman–Crippen LogP) is -3.37. The predicted molar refractivity (Wildman–Crippen MR) is 79.7 cm³/mol. The quantitative estimate of drug-likeness (QED) is 0.145. The molecule has 0 aromatic heterocycles. The van der Waals surface area contributed by atoms with Gasteiger partial charge in [-0.25, -0.2) is 18.3 Å². The molecular weight excluding hydrogens is 484 g/mol. The van der Waals surface area contributed by atoms with Crippen LogP contribution in [0.15, 0.2) is 0 Å². The standard InChI is InChI=1S/C6H16O18P4/c7-1-3(21-25(9,10)11)2(8)5(23-27(15,16)17)6(24-28(18,19)20)4(1)22-26(12,13)14/h1-8H,(H2,9,10,11)(H2,12,13,14)(H2,15,16,17)(H2,18,19,20)/t1-,2+,3-,4-,5-,6-/m0/s1. The third-order valence-electron chi connectivity index (χ3n) is 3.03. The molecule has 0 aromatic rings. The normalized spacial score (nSPS) is 33.1. The van der Waals surface area contributed by atoms with Crippen molar-refractivity contribution in [1.29, 1.82) is 0 Å². The van der Waals surface area contributed by atoms with E-state index >= 15 is 0 Å². The Kier molecular flexibility index (Phi) is 8.34. The molecule has 0 saturated heterocycles. The fraction of sp³-hybridized carbons (Fsp3) is 1.00. The lowest BCUT2D eigenvalue weighted by molar-refractivity contribution is -0.208. The summed E-state index contributed by atoms with van der Waals surface area (Å²) in [5, 5.41) is 20.1. The van der Waals surface area contributed by atoms with E-state index in [1.54, 1.807) is 0 Å². The zero-order chi connectivity index (χ0) is 22.3. The maximum Gasteiger partial charge on any atom is 0.470 e. The first-order chi connectivity index (χ1) is 12.2. The fourth-order valence-electron chi connectivity index (χ4n) is 2.28. The first kappa shape index (κ1) is 26.4. The van der Waals surface area contributed by atoms with Crippen LogP contribution in [0.3, 0.4) is 0 Å². The van der Waals surface area contributed by atoms with Crippen LogP contribution < -0.4 is 0 Å². The van der Waals surface area contributed by atoms with Crippen molar-refractivity contribution in [3.05, 3.63) is 0 Å². The van der Waals surface area contributed by atoms with Crippen molar-refractivity contribution in [2.45, 2.75) is 36.6 Å². The highest BCUT2D eigenvalue weighted by molar-refractivity contribution is 7.47. The molecule has 0 aliphatic heterocycles. The number of hydrogen-bond donors (Lipinski definition) is 10. The van der Waals surface area contributed by atoms with Crippen molar-refractivity contribution in [3.63, 3.8) is 0 Å². The van der Waals surface area contributed by atoms with Crippen molar-refractivity contribution >= 4 is 31.3 Å². The van der Waals surface area contributed by atoms with Crippen LogP contribution in [0, 0.1) is 0 Å². The average Bonchev–Trinajstić information content (AvgIpc) is 2.39. The summed E-state index contributed by atoms with van der Waals surface area (Å²) in [7, 11) is -22.4. The van der Waals surface area contributed by atoms with Gasteiger partial charge < -0.3 is 49.4 Å². The Morgan fingerprint density at radius 1 is 0.429 bits per heavy atom. The van der Waals surface area contributed by atoms with Crippen molar-refractivity contribution < 1.29 is 85.7 Å². The van der Waals surface area contributed by atoms with Gasteiger partial charge in [0.1, 0.15) is 36.6 Å². The number of phosphoric acid groups is 4. The van der Waals surface area contributed by atoms with Crippen LogP contribution in [0.5, 0.6) is 0 Å². The minimum Gasteiger partial charge on any atom is -0.387 e. The summed E-state index contributed by atoms with van der Waals surface area (Å²) < 4.78 is 60.5. The molecule has 1 fully saturated rings. The fourth-order valence-corrected chi connectivity index (χ4v) is 4.52. The summed E-state index contributed by atoms with van der Waals surface area (Å²) in [4.78, 5) is 71.0. The van der Waals surface area contributed by atoms with Crippen LogP contribution in [-0.4, -0.2) is 86.0 Å². The van der Waals surface area contributed by atoms with Gasteiger partial charge in [0.25, 0.3) is 0 Å². The van der Waals surface area contributed by atoms with Crippen molar-refractivity contribution in [2.24, 2.45) is 0 Å². The molecule has 22 heteroatoms. The van der Waals surface area contributed by atoms with Crippen LogP contribution in [0.2, 0.25) is 0 Å². The second kappa shape index (κ2) is 8.85. The number of phosphoric ester groups is 4. The second-order valence-corrected chi connectivity index (χ2v) is 9.99. The molecule has 1 aliphatic rings. The van der Waals surface area contributed by atoms with Crippen LogP contribution in [0.25, 0.3) is 0 Å². The molecule has 18 nitrogen and oxygen atoms in total. The maximum atomic E-state index is 11.1. The number of hydrogen-bond acceptors (Lipinski definition) is 10. The van der Waals surface area contributed by atoms with E-state index in [1.165, 1.54) is 0 Å². The van der Waals surface area contributed by atoms with Crippen molar-refractivity contribution in [2.75, 3.05) is 0 Å². The molecule has 0 heterocycles. The minimum atomic E-state index is -5.64. The number of aliphatic hydroxyl groups excluding tert-OH is 2. The van der Waals surface area contributed by atoms with Crippen molar-refractivity contribution in [1.82, 2.24) is 0 Å². The molecule has 0 unspecified atom stereocenters. The molecule has 0 aromatic carbocycles. The maximum absolute atomic E-state index is 11.1. The van der Waals surface area contributed by atoms with Gasteiger partial charge >= 0.3 is 31.3 Å². The largest absolute Gasteiger partial charge is 0.470 e. The van der Waals surface area contributed by atoms with Gasteiger partial charge in [-0.05, 0) is 0 Å². The Bertz CT molecular complexity index is 688. The Balaban J connectivity index is 3.50. The van der Waals surface area contributed by atoms with Gasteiger partial charge in [-0.1, -0.05) is 0 Å². The zero-order valence-corrected chi connectivity index (χ0v) is 16.6. The molecule has 6 atom stereocenters. The van der Waals surface area contributed by atoms with E-state index in [2.05, 4.69) is 18.1 Å². The first-order valence-electron chi connectivity index (χ1n) is 6.52. The van der Waals surface area contributed by atoms with Gasteiger partial charge in [-0.3, -0.25) is 18.1 Å². The zero-order valence-electron chi connectivity index (χ0n) is 13.0. The van der Waals surface area contributed by atoms with E-state index in [1.807, 2.05) is 0 Å². The van der Waals surface area contributed by atoms with E-state index in [-0.39, 0.29) is 0 Å². The summed E-state index contributed by atoms with van der Waals surface area (Å²) in [6, 6.07) is 0. The molecule has 168 valence electrons. The van der Waals surface area contributed by atoms with Gasteiger partial charge in [0.2, 0.25) is 0 Å². The van der Waals surface area contributed by atoms with Crippen LogP contribution >= 0.6 is 31.3 Å². The van der Waals surface area contributed by atoms with Crippen molar-refractivity contribution in [3.8, 4) is 0 Å². The van der Waals surface area contributed by atoms with E-state index in [0.717, 1.165) is 0 Å². The van der Waals surface area contributed by atoms with Gasteiger partial charge in [0, 0.05) is 0 Å². The van der Waals surface area contributed by atoms with E-state index < -0.39 is 67.9 Å². The van der Waals surface area contributed by atoms with Gasteiger partial charge in [0.15, 0.2) is 0 Å². The summed E-state index contributed by atoms with van der Waals surface area (Å²) in [6.07, 6.45) is -15.9. The van der Waals surface area contributed by atoms with Gasteiger partial charge in [-0.2, -0.15) is 0 Å². The molecular formula is C6H16O18P4. The molecule has 1 saturated carbocycles. The van der Waals surface area contributed by atoms with Crippen LogP contribution in [-0.2, 0) is 36.4 Å². The number of rotatable bonds is 8. The Hall–Kier alpha value is 0.360. The van der Waals surface area contributed by atoms with E-state index in [9.17, 15) is 28.5 Å². The highest BCUT2D eigenvalue weighted by Gasteiger charge is 2.58. The molecule has 1 rings (SSSR count). The Morgan fingerprint density at radius 3 is 0.893 bits per heavy atom. The monoisotopic (exact) mass is 500 g/mol. The van der Waals surface area contributed by atoms with Crippen LogP contribution in [0.1, 0.15) is 0 Å². The van der Waals surface area contributed by atoms with Gasteiger partial charge in [0.05, 0.1) is 0 Å². The lowest BCUT2D eigenvalue weighted by Crippen LogP contribution is -2.65. The molecule has 10 N–H and O–H groups in total. The molecule has 1 aliphatic carbocycles. The summed E-state index contributed by atoms with van der Waals surface area (Å²) in [6.45, 7) is 0. The third-order valence-corrected chi connectivity index (χ3v) is 5.10. The second-order valence-electron chi connectivity index (χ2n) is 5.22. The Morgan fingerprint density at radius 2 is 0.643 bits per heavy atom. The molecule has 0 spiro atoms. The number of aliphatic hydroxyl groups is 2. The summed E-state index contributed by atoms with van der Waals surface area (Å²) >= 11 is 0. The van der Waals surface area contributed by atoms with E-state index in [0.29, 0.717) is 0 Å². The molecule has 28 heavy (non-hydrogen) atoms. The SMILES string of the molecule is O=P(O)(O)O[C@@H]1[C@@H](O)[C@H](OP(=O)(O)O)[C@@H](OP(=O)(O)O)[C@@H](OP(=O)(O)O)[C@H]1O. The molecule has 0 radical (unpaired) electrons. The lowest BCUT2D eigenvalue weighted by Gasteiger charge is -2.45. The van der Waals surface area contributed by atoms with E-state index in [4.69, 9.17) is 39.1 Å². The Labute approximate surface area is 154 Å².